The Morgan fingerprint density at radius 2 is 1.89 bits per heavy atom. The first-order valence-corrected chi connectivity index (χ1v) is 8.84. The highest BCUT2D eigenvalue weighted by Crippen LogP contribution is 2.31. The number of benzene rings is 2. The second kappa shape index (κ2) is 8.37. The molecular formula is C20H15Cl2FN2O2. The van der Waals surface area contributed by atoms with E-state index in [0.717, 1.165) is 11.6 Å². The molecule has 0 spiro atoms. The minimum atomic E-state index is -0.494. The lowest BCUT2D eigenvalue weighted by Gasteiger charge is -2.16. The summed E-state index contributed by atoms with van der Waals surface area (Å²) in [6.45, 7) is 1.86. The number of halogens is 3. The number of nitrogens with one attached hydrogen (secondary N) is 1. The summed E-state index contributed by atoms with van der Waals surface area (Å²) in [6.07, 6.45) is 1.35. The van der Waals surface area contributed by atoms with E-state index in [1.54, 1.807) is 0 Å². The van der Waals surface area contributed by atoms with Crippen molar-refractivity contribution in [3.05, 3.63) is 87.8 Å². The van der Waals surface area contributed by atoms with E-state index in [1.807, 2.05) is 37.3 Å². The summed E-state index contributed by atoms with van der Waals surface area (Å²) in [5.74, 6) is -0.704. The summed E-state index contributed by atoms with van der Waals surface area (Å²) < 4.78 is 18.8. The van der Waals surface area contributed by atoms with Crippen LogP contribution in [-0.2, 0) is 0 Å². The van der Waals surface area contributed by atoms with E-state index >= 15 is 0 Å². The van der Waals surface area contributed by atoms with Gasteiger partial charge in [-0.15, -0.1) is 0 Å². The first kappa shape index (κ1) is 19.1. The monoisotopic (exact) mass is 404 g/mol. The number of carbonyl (C=O) groups is 1. The van der Waals surface area contributed by atoms with Gasteiger partial charge in [-0.3, -0.25) is 4.79 Å². The minimum Gasteiger partial charge on any atom is -0.437 e. The van der Waals surface area contributed by atoms with Crippen LogP contribution in [0.1, 0.15) is 28.9 Å². The van der Waals surface area contributed by atoms with Gasteiger partial charge in [-0.25, -0.2) is 9.37 Å². The van der Waals surface area contributed by atoms with Gasteiger partial charge in [0.1, 0.15) is 17.1 Å². The number of nitrogens with zero attached hydrogens (tertiary/aromatic N) is 1. The Morgan fingerprint density at radius 3 is 2.59 bits per heavy atom. The summed E-state index contributed by atoms with van der Waals surface area (Å²) >= 11 is 12.0. The quantitative estimate of drug-likeness (QED) is 0.583. The van der Waals surface area contributed by atoms with E-state index in [1.165, 1.54) is 24.4 Å². The number of aromatic nitrogens is 1. The van der Waals surface area contributed by atoms with Crippen LogP contribution in [0, 0.1) is 5.82 Å². The fourth-order valence-corrected chi connectivity index (χ4v) is 2.80. The molecule has 0 unspecified atom stereocenters. The molecule has 0 aliphatic carbocycles. The van der Waals surface area contributed by atoms with Crippen molar-refractivity contribution in [2.45, 2.75) is 13.0 Å². The Morgan fingerprint density at radius 1 is 1.15 bits per heavy atom. The highest BCUT2D eigenvalue weighted by molar-refractivity contribution is 6.32. The summed E-state index contributed by atoms with van der Waals surface area (Å²) in [7, 11) is 0. The van der Waals surface area contributed by atoms with Crippen LogP contribution in [0.25, 0.3) is 0 Å². The van der Waals surface area contributed by atoms with Crippen LogP contribution >= 0.6 is 23.2 Å². The van der Waals surface area contributed by atoms with Crippen LogP contribution < -0.4 is 10.1 Å². The number of amides is 1. The highest BCUT2D eigenvalue weighted by atomic mass is 35.5. The predicted molar refractivity (Wildman–Crippen MR) is 103 cm³/mol. The molecule has 1 heterocycles. The van der Waals surface area contributed by atoms with E-state index in [9.17, 15) is 9.18 Å². The maximum absolute atomic E-state index is 13.2. The van der Waals surface area contributed by atoms with Crippen molar-refractivity contribution >= 4 is 29.1 Å². The summed E-state index contributed by atoms with van der Waals surface area (Å²) in [4.78, 5) is 16.8. The van der Waals surface area contributed by atoms with Gasteiger partial charge in [0.2, 0.25) is 5.88 Å². The lowest BCUT2D eigenvalue weighted by Crippen LogP contribution is -2.27. The maximum atomic E-state index is 13.2. The van der Waals surface area contributed by atoms with Gasteiger partial charge >= 0.3 is 0 Å². The van der Waals surface area contributed by atoms with Gasteiger partial charge in [0.05, 0.1) is 16.1 Å². The van der Waals surface area contributed by atoms with Crippen LogP contribution in [0.15, 0.2) is 60.8 Å². The topological polar surface area (TPSA) is 51.2 Å². The number of carbonyl (C=O) groups excluding carboxylic acids is 1. The third kappa shape index (κ3) is 4.76. The number of pyridine rings is 1. The van der Waals surface area contributed by atoms with Gasteiger partial charge in [0.25, 0.3) is 5.91 Å². The van der Waals surface area contributed by atoms with Crippen molar-refractivity contribution in [3.63, 3.8) is 0 Å². The SMILES string of the molecule is C[C@H](NC(=O)c1cc(Cl)cnc1Oc1ccc(F)cc1Cl)c1ccccc1. The fraction of sp³-hybridized carbons (Fsp3) is 0.100. The van der Waals surface area contributed by atoms with E-state index in [-0.39, 0.29) is 33.3 Å². The van der Waals surface area contributed by atoms with Crippen LogP contribution in [0.3, 0.4) is 0 Å². The largest absolute Gasteiger partial charge is 0.437 e. The Bertz CT molecular complexity index is 967. The summed E-state index contributed by atoms with van der Waals surface area (Å²) in [6, 6.07) is 14.4. The van der Waals surface area contributed by atoms with Crippen LogP contribution in [0.2, 0.25) is 10.0 Å². The molecule has 1 N–H and O–H groups in total. The molecule has 138 valence electrons. The first-order valence-electron chi connectivity index (χ1n) is 8.08. The smallest absolute Gasteiger partial charge is 0.257 e. The molecule has 0 bridgehead atoms. The van der Waals surface area contributed by atoms with Gasteiger partial charge in [0.15, 0.2) is 0 Å². The normalized spacial score (nSPS) is 11.7. The third-order valence-corrected chi connectivity index (χ3v) is 4.31. The van der Waals surface area contributed by atoms with Crippen LogP contribution in [0.4, 0.5) is 4.39 Å². The van der Waals surface area contributed by atoms with Gasteiger partial charge in [0, 0.05) is 6.20 Å². The molecule has 4 nitrogen and oxygen atoms in total. The number of ether oxygens (including phenoxy) is 1. The van der Waals surface area contributed by atoms with Crippen LogP contribution in [-0.4, -0.2) is 10.9 Å². The highest BCUT2D eigenvalue weighted by Gasteiger charge is 2.19. The maximum Gasteiger partial charge on any atom is 0.257 e. The zero-order chi connectivity index (χ0) is 19.4. The molecule has 1 atom stereocenters. The molecule has 0 aliphatic rings. The third-order valence-electron chi connectivity index (χ3n) is 3.81. The predicted octanol–water partition coefficient (Wildman–Crippen LogP) is 5.81. The Kier molecular flexibility index (Phi) is 5.94. The molecule has 0 saturated heterocycles. The van der Waals surface area contributed by atoms with E-state index in [4.69, 9.17) is 27.9 Å². The zero-order valence-electron chi connectivity index (χ0n) is 14.2. The fourth-order valence-electron chi connectivity index (χ4n) is 2.43. The minimum absolute atomic E-state index is 0.0191. The van der Waals surface area contributed by atoms with E-state index in [2.05, 4.69) is 10.3 Å². The molecule has 0 saturated carbocycles. The average molecular weight is 405 g/mol. The zero-order valence-corrected chi connectivity index (χ0v) is 15.8. The lowest BCUT2D eigenvalue weighted by atomic mass is 10.1. The molecule has 0 fully saturated rings. The number of hydrogen-bond acceptors (Lipinski definition) is 3. The summed E-state index contributed by atoms with van der Waals surface area (Å²) in [5, 5.41) is 3.23. The van der Waals surface area contributed by atoms with Crippen molar-refractivity contribution in [3.8, 4) is 11.6 Å². The van der Waals surface area contributed by atoms with Gasteiger partial charge < -0.3 is 10.1 Å². The molecule has 3 aromatic rings. The Balaban J connectivity index is 1.86. The van der Waals surface area contributed by atoms with E-state index < -0.39 is 11.7 Å². The van der Waals surface area contributed by atoms with Crippen molar-refractivity contribution in [1.82, 2.24) is 10.3 Å². The molecule has 0 aliphatic heterocycles. The first-order chi connectivity index (χ1) is 12.9. The molecule has 2 aromatic carbocycles. The molecule has 0 radical (unpaired) electrons. The Labute approximate surface area is 165 Å². The standard InChI is InChI=1S/C20H15Cl2FN2O2/c1-12(13-5-3-2-4-6-13)25-19(26)16-9-14(21)11-24-20(16)27-18-8-7-15(23)10-17(18)22/h2-12H,1H3,(H,25,26)/t12-/m0/s1. The number of rotatable bonds is 5. The van der Waals surface area contributed by atoms with Gasteiger partial charge in [-0.05, 0) is 36.8 Å². The molecule has 1 aromatic heterocycles. The Hall–Kier alpha value is -2.63. The average Bonchev–Trinajstić information content (AvgIpc) is 2.65. The molecule has 7 heteroatoms. The second-order valence-electron chi connectivity index (χ2n) is 5.79. The molecule has 27 heavy (non-hydrogen) atoms. The van der Waals surface area contributed by atoms with Crippen molar-refractivity contribution in [2.24, 2.45) is 0 Å². The van der Waals surface area contributed by atoms with Crippen molar-refractivity contribution in [2.75, 3.05) is 0 Å². The molecular weight excluding hydrogens is 390 g/mol. The second-order valence-corrected chi connectivity index (χ2v) is 6.63. The van der Waals surface area contributed by atoms with Gasteiger partial charge in [-0.2, -0.15) is 0 Å². The van der Waals surface area contributed by atoms with Crippen molar-refractivity contribution < 1.29 is 13.9 Å². The van der Waals surface area contributed by atoms with Crippen LogP contribution in [0.5, 0.6) is 11.6 Å². The number of hydrogen-bond donors (Lipinski definition) is 1. The van der Waals surface area contributed by atoms with Crippen molar-refractivity contribution in [1.29, 1.82) is 0 Å². The lowest BCUT2D eigenvalue weighted by molar-refractivity contribution is 0.0937. The van der Waals surface area contributed by atoms with E-state index in [0.29, 0.717) is 0 Å². The molecule has 1 amide bonds. The molecule has 3 rings (SSSR count). The van der Waals surface area contributed by atoms with Gasteiger partial charge in [-0.1, -0.05) is 53.5 Å². The summed E-state index contributed by atoms with van der Waals surface area (Å²) in [5.41, 5.74) is 1.09.